The van der Waals surface area contributed by atoms with Crippen LogP contribution in [0.15, 0.2) is 71.7 Å². The summed E-state index contributed by atoms with van der Waals surface area (Å²) in [4.78, 5) is 33.0. The first-order chi connectivity index (χ1) is 18.9. The van der Waals surface area contributed by atoms with Crippen LogP contribution < -0.4 is 24.3 Å². The third-order valence-electron chi connectivity index (χ3n) is 5.93. The summed E-state index contributed by atoms with van der Waals surface area (Å²) < 4.78 is 21.5. The van der Waals surface area contributed by atoms with Crippen LogP contribution in [0, 0.1) is 0 Å². The van der Waals surface area contributed by atoms with E-state index in [1.807, 2.05) is 25.1 Å². The highest BCUT2D eigenvalue weighted by Gasteiger charge is 2.36. The van der Waals surface area contributed by atoms with Crippen molar-refractivity contribution in [2.24, 2.45) is 4.99 Å². The van der Waals surface area contributed by atoms with E-state index in [-0.39, 0.29) is 24.8 Å². The number of hydrogen-bond acceptors (Lipinski definition) is 8. The van der Waals surface area contributed by atoms with E-state index < -0.39 is 5.25 Å². The van der Waals surface area contributed by atoms with Crippen molar-refractivity contribution in [3.63, 3.8) is 0 Å². The zero-order valence-corrected chi connectivity index (χ0v) is 23.1. The van der Waals surface area contributed by atoms with Gasteiger partial charge in [-0.15, -0.1) is 0 Å². The van der Waals surface area contributed by atoms with E-state index >= 15 is 0 Å². The highest BCUT2D eigenvalue weighted by Crippen LogP contribution is 2.33. The van der Waals surface area contributed by atoms with Crippen molar-refractivity contribution >= 4 is 40.1 Å². The summed E-state index contributed by atoms with van der Waals surface area (Å²) in [5.74, 6) is 2.02. The Morgan fingerprint density at radius 1 is 0.974 bits per heavy atom. The van der Waals surface area contributed by atoms with E-state index in [1.165, 1.54) is 11.8 Å². The van der Waals surface area contributed by atoms with Crippen molar-refractivity contribution in [3.05, 3.63) is 72.3 Å². The van der Waals surface area contributed by atoms with Gasteiger partial charge < -0.3 is 24.3 Å². The molecule has 1 saturated heterocycles. The lowest BCUT2D eigenvalue weighted by Gasteiger charge is -2.32. The molecule has 0 aliphatic carbocycles. The summed E-state index contributed by atoms with van der Waals surface area (Å²) in [6.07, 6.45) is 0.0244. The quantitative estimate of drug-likeness (QED) is 0.368. The van der Waals surface area contributed by atoms with Crippen LogP contribution in [0.25, 0.3) is 0 Å². The first-order valence-electron chi connectivity index (χ1n) is 12.4. The zero-order chi connectivity index (χ0) is 27.8. The van der Waals surface area contributed by atoms with Crippen LogP contribution >= 0.6 is 11.8 Å². The lowest BCUT2D eigenvalue weighted by molar-refractivity contribution is -0.129. The number of rotatable bonds is 10. The number of thioether (sulfide) groups is 1. The van der Waals surface area contributed by atoms with Crippen LogP contribution in [0.2, 0.25) is 0 Å². The van der Waals surface area contributed by atoms with Gasteiger partial charge in [0, 0.05) is 18.2 Å². The Hall–Kier alpha value is -4.18. The molecule has 0 radical (unpaired) electrons. The lowest BCUT2D eigenvalue weighted by Crippen LogP contribution is -2.44. The predicted molar refractivity (Wildman–Crippen MR) is 152 cm³/mol. The Balaban J connectivity index is 1.60. The second-order valence-corrected chi connectivity index (χ2v) is 9.69. The molecule has 1 aliphatic heterocycles. The largest absolute Gasteiger partial charge is 0.497 e. The minimum absolute atomic E-state index is 0.0244. The lowest BCUT2D eigenvalue weighted by atomic mass is 10.1. The number of hydrogen-bond donors (Lipinski definition) is 1. The number of nitrogens with one attached hydrogen (secondary N) is 1. The van der Waals surface area contributed by atoms with Crippen LogP contribution in [0.3, 0.4) is 0 Å². The molecule has 0 unspecified atom stereocenters. The van der Waals surface area contributed by atoms with Gasteiger partial charge in [0.1, 0.15) is 16.7 Å². The first-order valence-corrected chi connectivity index (χ1v) is 13.3. The standard InChI is InChI=1S/C29H31N3O6S/c1-5-38-23-8-6-7-21(16-23)30-28(34)26-17-27(33)32(18-19-9-14-24(36-3)25(15-19)37-4)29(39-26)31-20-10-12-22(35-2)13-11-20/h6-16,26H,5,17-18H2,1-4H3,(H,30,34)/t26-/m1/s1. The molecule has 1 atom stereocenters. The maximum absolute atomic E-state index is 13.4. The van der Waals surface area contributed by atoms with Gasteiger partial charge in [0.05, 0.1) is 40.2 Å². The van der Waals surface area contributed by atoms with Gasteiger partial charge in [-0.3, -0.25) is 14.5 Å². The van der Waals surface area contributed by atoms with Crippen molar-refractivity contribution in [3.8, 4) is 23.0 Å². The Morgan fingerprint density at radius 3 is 2.44 bits per heavy atom. The number of ether oxygens (including phenoxy) is 4. The second-order valence-electron chi connectivity index (χ2n) is 8.52. The molecule has 4 rings (SSSR count). The molecular weight excluding hydrogens is 518 g/mol. The van der Waals surface area contributed by atoms with Crippen LogP contribution in [-0.2, 0) is 16.1 Å². The number of methoxy groups -OCH3 is 3. The van der Waals surface area contributed by atoms with Crippen LogP contribution in [0.1, 0.15) is 18.9 Å². The van der Waals surface area contributed by atoms with Crippen molar-refractivity contribution in [1.82, 2.24) is 4.90 Å². The highest BCUT2D eigenvalue weighted by atomic mass is 32.2. The fourth-order valence-electron chi connectivity index (χ4n) is 3.98. The number of anilines is 1. The molecule has 9 nitrogen and oxygen atoms in total. The molecule has 0 bridgehead atoms. The van der Waals surface area contributed by atoms with Gasteiger partial charge in [-0.1, -0.05) is 23.9 Å². The molecule has 1 fully saturated rings. The van der Waals surface area contributed by atoms with E-state index in [1.54, 1.807) is 74.8 Å². The Bertz CT molecular complexity index is 1350. The van der Waals surface area contributed by atoms with Crippen molar-refractivity contribution in [2.45, 2.75) is 25.1 Å². The number of nitrogens with zero attached hydrogens (tertiary/aromatic N) is 2. The fourth-order valence-corrected chi connectivity index (χ4v) is 5.08. The monoisotopic (exact) mass is 549 g/mol. The summed E-state index contributed by atoms with van der Waals surface area (Å²) in [5, 5.41) is 2.68. The van der Waals surface area contributed by atoms with Crippen molar-refractivity contribution in [2.75, 3.05) is 33.3 Å². The molecule has 1 heterocycles. The Labute approximate surface area is 232 Å². The molecule has 204 valence electrons. The SMILES string of the molecule is CCOc1cccc(NC(=O)[C@H]2CC(=O)N(Cc3ccc(OC)c(OC)c3)C(=Nc3ccc(OC)cc3)S2)c1. The average Bonchev–Trinajstić information content (AvgIpc) is 2.95. The van der Waals surface area contributed by atoms with E-state index in [9.17, 15) is 9.59 Å². The maximum atomic E-state index is 13.4. The summed E-state index contributed by atoms with van der Waals surface area (Å²) in [5.41, 5.74) is 2.06. The maximum Gasteiger partial charge on any atom is 0.238 e. The number of carbonyl (C=O) groups is 2. The minimum Gasteiger partial charge on any atom is -0.497 e. The van der Waals surface area contributed by atoms with Gasteiger partial charge in [0.15, 0.2) is 16.7 Å². The molecule has 0 spiro atoms. The highest BCUT2D eigenvalue weighted by molar-refractivity contribution is 8.15. The molecule has 10 heteroatoms. The summed E-state index contributed by atoms with van der Waals surface area (Å²) in [7, 11) is 4.72. The second kappa shape index (κ2) is 13.1. The molecule has 3 aromatic rings. The van der Waals surface area contributed by atoms with Gasteiger partial charge in [-0.2, -0.15) is 0 Å². The molecule has 0 aromatic heterocycles. The van der Waals surface area contributed by atoms with Crippen LogP contribution in [0.4, 0.5) is 11.4 Å². The Morgan fingerprint density at radius 2 is 1.74 bits per heavy atom. The molecule has 3 aromatic carbocycles. The number of aliphatic imine (C=N–C) groups is 1. The van der Waals surface area contributed by atoms with E-state index in [4.69, 9.17) is 23.9 Å². The predicted octanol–water partition coefficient (Wildman–Crippen LogP) is 5.27. The molecule has 1 aliphatic rings. The average molecular weight is 550 g/mol. The zero-order valence-electron chi connectivity index (χ0n) is 22.3. The molecular formula is C29H31N3O6S. The number of carbonyl (C=O) groups excluding carboxylic acids is 2. The van der Waals surface area contributed by atoms with Crippen molar-refractivity contribution < 1.29 is 28.5 Å². The summed E-state index contributed by atoms with van der Waals surface area (Å²) in [6.45, 7) is 2.67. The summed E-state index contributed by atoms with van der Waals surface area (Å²) in [6, 6.07) is 19.8. The Kier molecular flexibility index (Phi) is 9.32. The van der Waals surface area contributed by atoms with Gasteiger partial charge in [0.25, 0.3) is 0 Å². The molecule has 39 heavy (non-hydrogen) atoms. The van der Waals surface area contributed by atoms with Crippen LogP contribution in [0.5, 0.6) is 23.0 Å². The minimum atomic E-state index is -0.660. The number of amides is 2. The van der Waals surface area contributed by atoms with Gasteiger partial charge >= 0.3 is 0 Å². The van der Waals surface area contributed by atoms with E-state index in [0.29, 0.717) is 46.1 Å². The number of amidine groups is 1. The third kappa shape index (κ3) is 7.02. The fraction of sp³-hybridized carbons (Fsp3) is 0.276. The number of benzene rings is 3. The molecule has 0 saturated carbocycles. The molecule has 1 N–H and O–H groups in total. The van der Waals surface area contributed by atoms with Gasteiger partial charge in [-0.05, 0) is 61.0 Å². The third-order valence-corrected chi connectivity index (χ3v) is 7.12. The summed E-state index contributed by atoms with van der Waals surface area (Å²) >= 11 is 1.25. The van der Waals surface area contributed by atoms with Gasteiger partial charge in [0.2, 0.25) is 11.8 Å². The van der Waals surface area contributed by atoms with Crippen LogP contribution in [-0.4, -0.2) is 55.1 Å². The van der Waals surface area contributed by atoms with E-state index in [0.717, 1.165) is 5.56 Å². The first kappa shape index (κ1) is 27.8. The smallest absolute Gasteiger partial charge is 0.238 e. The van der Waals surface area contributed by atoms with Gasteiger partial charge in [-0.25, -0.2) is 4.99 Å². The molecule has 2 amide bonds. The topological polar surface area (TPSA) is 98.7 Å². The normalized spacial score (nSPS) is 16.1. The van der Waals surface area contributed by atoms with E-state index in [2.05, 4.69) is 5.32 Å². The van der Waals surface area contributed by atoms with Crippen molar-refractivity contribution in [1.29, 1.82) is 0 Å².